The van der Waals surface area contributed by atoms with Gasteiger partial charge in [-0.1, -0.05) is 17.7 Å². The van der Waals surface area contributed by atoms with Crippen LogP contribution in [0.5, 0.6) is 5.75 Å². The molecule has 0 aliphatic carbocycles. The number of amides is 1. The van der Waals surface area contributed by atoms with Crippen molar-refractivity contribution >= 4 is 28.8 Å². The molecular weight excluding hydrogens is 356 g/mol. The van der Waals surface area contributed by atoms with Crippen LogP contribution in [0.2, 0.25) is 5.02 Å². The minimum absolute atomic E-state index is 0.0292. The van der Waals surface area contributed by atoms with Crippen molar-refractivity contribution in [3.8, 4) is 5.75 Å². The predicted molar refractivity (Wildman–Crippen MR) is 99.8 cm³/mol. The Bertz CT molecular complexity index is 792. The van der Waals surface area contributed by atoms with Gasteiger partial charge in [0.2, 0.25) is 0 Å². The number of carbonyl (C=O) groups excluding carboxylic acids is 1. The molecule has 0 N–H and O–H groups in total. The fourth-order valence-electron chi connectivity index (χ4n) is 2.29. The van der Waals surface area contributed by atoms with Crippen LogP contribution in [0, 0.1) is 0 Å². The molecule has 0 aliphatic rings. The Kier molecular flexibility index (Phi) is 6.04. The normalized spacial score (nSPS) is 10.4. The molecule has 1 amide bonds. The van der Waals surface area contributed by atoms with Gasteiger partial charge in [-0.25, -0.2) is 0 Å². The van der Waals surface area contributed by atoms with E-state index in [1.807, 2.05) is 35.0 Å². The van der Waals surface area contributed by atoms with Gasteiger partial charge in [0.25, 0.3) is 5.91 Å². The van der Waals surface area contributed by atoms with Crippen molar-refractivity contribution in [1.82, 2.24) is 9.88 Å². The average Bonchev–Trinajstić information content (AvgIpc) is 3.14. The summed E-state index contributed by atoms with van der Waals surface area (Å²) in [4.78, 5) is 18.7. The van der Waals surface area contributed by atoms with Crippen molar-refractivity contribution in [1.29, 1.82) is 0 Å². The fraction of sp³-hybridized carbons (Fsp3) is 0.158. The van der Waals surface area contributed by atoms with Gasteiger partial charge in [-0.2, -0.15) is 11.3 Å². The first-order valence-corrected chi connectivity index (χ1v) is 9.10. The predicted octanol–water partition coefficient (Wildman–Crippen LogP) is 4.40. The highest BCUT2D eigenvalue weighted by atomic mass is 35.5. The Hall–Kier alpha value is -2.37. The average molecular weight is 373 g/mol. The van der Waals surface area contributed by atoms with Crippen LogP contribution in [0.3, 0.4) is 0 Å². The van der Waals surface area contributed by atoms with Crippen LogP contribution in [0.25, 0.3) is 0 Å². The molecule has 4 nitrogen and oxygen atoms in total. The maximum atomic E-state index is 12.7. The number of benzene rings is 1. The topological polar surface area (TPSA) is 42.4 Å². The molecular formula is C19H17ClN2O2S. The maximum absolute atomic E-state index is 12.7. The third kappa shape index (κ3) is 5.31. The maximum Gasteiger partial charge on any atom is 0.261 e. The zero-order chi connectivity index (χ0) is 17.5. The van der Waals surface area contributed by atoms with E-state index in [1.165, 1.54) is 0 Å². The summed E-state index contributed by atoms with van der Waals surface area (Å²) in [5.41, 5.74) is 1.94. The summed E-state index contributed by atoms with van der Waals surface area (Å²) < 4.78 is 5.59. The van der Waals surface area contributed by atoms with E-state index < -0.39 is 0 Å². The summed E-state index contributed by atoms with van der Waals surface area (Å²) in [6, 6.07) is 14.7. The third-order valence-corrected chi connectivity index (χ3v) is 4.55. The first-order chi connectivity index (χ1) is 12.2. The molecule has 0 fully saturated rings. The minimum Gasteiger partial charge on any atom is -0.484 e. The van der Waals surface area contributed by atoms with Gasteiger partial charge in [-0.05, 0) is 58.8 Å². The van der Waals surface area contributed by atoms with Crippen LogP contribution in [-0.2, 0) is 17.9 Å². The molecule has 0 saturated heterocycles. The monoisotopic (exact) mass is 372 g/mol. The lowest BCUT2D eigenvalue weighted by Gasteiger charge is -2.22. The van der Waals surface area contributed by atoms with Gasteiger partial charge in [0.05, 0.1) is 12.2 Å². The lowest BCUT2D eigenvalue weighted by atomic mass is 10.2. The number of thiophene rings is 1. The molecule has 3 rings (SSSR count). The van der Waals surface area contributed by atoms with Gasteiger partial charge >= 0.3 is 0 Å². The van der Waals surface area contributed by atoms with E-state index in [0.29, 0.717) is 23.9 Å². The molecule has 0 bridgehead atoms. The smallest absolute Gasteiger partial charge is 0.261 e. The molecule has 1 aromatic carbocycles. The molecule has 6 heteroatoms. The van der Waals surface area contributed by atoms with E-state index in [1.54, 1.807) is 46.7 Å². The highest BCUT2D eigenvalue weighted by Crippen LogP contribution is 2.16. The Morgan fingerprint density at radius 2 is 1.96 bits per heavy atom. The Morgan fingerprint density at radius 1 is 1.12 bits per heavy atom. The minimum atomic E-state index is -0.0909. The molecule has 3 aromatic rings. The zero-order valence-electron chi connectivity index (χ0n) is 13.5. The number of hydrogen-bond acceptors (Lipinski definition) is 4. The first kappa shape index (κ1) is 17.5. The van der Waals surface area contributed by atoms with Crippen LogP contribution < -0.4 is 4.74 Å². The van der Waals surface area contributed by atoms with Crippen molar-refractivity contribution in [3.05, 3.63) is 81.8 Å². The number of ether oxygens (including phenoxy) is 1. The number of carbonyl (C=O) groups is 1. The van der Waals surface area contributed by atoms with E-state index in [9.17, 15) is 4.79 Å². The second-order valence-electron chi connectivity index (χ2n) is 5.45. The summed E-state index contributed by atoms with van der Waals surface area (Å²) in [6.07, 6.45) is 1.73. The molecule has 0 atom stereocenters. The number of rotatable bonds is 7. The summed E-state index contributed by atoms with van der Waals surface area (Å²) in [6.45, 7) is 0.945. The number of pyridine rings is 1. The van der Waals surface area contributed by atoms with Crippen molar-refractivity contribution in [3.63, 3.8) is 0 Å². The van der Waals surface area contributed by atoms with Crippen LogP contribution in [0.4, 0.5) is 0 Å². The van der Waals surface area contributed by atoms with Gasteiger partial charge in [-0.3, -0.25) is 9.78 Å². The van der Waals surface area contributed by atoms with Crippen molar-refractivity contribution in [2.24, 2.45) is 0 Å². The fourth-order valence-corrected chi connectivity index (χ4v) is 3.08. The van der Waals surface area contributed by atoms with E-state index in [-0.39, 0.29) is 12.5 Å². The number of hydrogen-bond donors (Lipinski definition) is 0. The second-order valence-corrected chi connectivity index (χ2v) is 6.66. The standard InChI is InChI=1S/C19H17ClN2O2S/c20-16-4-6-18(7-5-16)24-13-19(23)22(11-15-8-10-25-14-15)12-17-3-1-2-9-21-17/h1-10,14H,11-13H2. The molecule has 25 heavy (non-hydrogen) atoms. The Morgan fingerprint density at radius 3 is 2.64 bits per heavy atom. The van der Waals surface area contributed by atoms with Crippen LogP contribution >= 0.6 is 22.9 Å². The second kappa shape index (κ2) is 8.65. The van der Waals surface area contributed by atoms with Crippen molar-refractivity contribution in [2.75, 3.05) is 6.61 Å². The first-order valence-electron chi connectivity index (χ1n) is 7.78. The molecule has 0 saturated carbocycles. The number of nitrogens with zero attached hydrogens (tertiary/aromatic N) is 2. The van der Waals surface area contributed by atoms with E-state index in [4.69, 9.17) is 16.3 Å². The third-order valence-electron chi connectivity index (χ3n) is 3.56. The lowest BCUT2D eigenvalue weighted by Crippen LogP contribution is -2.34. The molecule has 0 radical (unpaired) electrons. The molecule has 2 heterocycles. The van der Waals surface area contributed by atoms with E-state index in [2.05, 4.69) is 4.98 Å². The summed E-state index contributed by atoms with van der Waals surface area (Å²) in [7, 11) is 0. The Balaban J connectivity index is 1.66. The molecule has 0 unspecified atom stereocenters. The highest BCUT2D eigenvalue weighted by molar-refractivity contribution is 7.07. The molecule has 2 aromatic heterocycles. The zero-order valence-corrected chi connectivity index (χ0v) is 15.0. The van der Waals surface area contributed by atoms with Gasteiger partial charge in [0, 0.05) is 17.8 Å². The number of aromatic nitrogens is 1. The van der Waals surface area contributed by atoms with Crippen LogP contribution in [-0.4, -0.2) is 22.4 Å². The summed E-state index contributed by atoms with van der Waals surface area (Å²) in [5, 5.41) is 4.68. The van der Waals surface area contributed by atoms with Gasteiger partial charge in [0.15, 0.2) is 6.61 Å². The van der Waals surface area contributed by atoms with E-state index >= 15 is 0 Å². The summed E-state index contributed by atoms with van der Waals surface area (Å²) >= 11 is 7.47. The van der Waals surface area contributed by atoms with Crippen molar-refractivity contribution in [2.45, 2.75) is 13.1 Å². The highest BCUT2D eigenvalue weighted by Gasteiger charge is 2.16. The molecule has 0 aliphatic heterocycles. The summed E-state index contributed by atoms with van der Waals surface area (Å²) in [5.74, 6) is 0.526. The SMILES string of the molecule is O=C(COc1ccc(Cl)cc1)N(Cc1ccsc1)Cc1ccccn1. The number of halogens is 1. The van der Waals surface area contributed by atoms with Gasteiger partial charge < -0.3 is 9.64 Å². The van der Waals surface area contributed by atoms with Crippen LogP contribution in [0.1, 0.15) is 11.3 Å². The molecule has 0 spiro atoms. The van der Waals surface area contributed by atoms with Gasteiger partial charge in [-0.15, -0.1) is 0 Å². The van der Waals surface area contributed by atoms with Gasteiger partial charge in [0.1, 0.15) is 5.75 Å². The van der Waals surface area contributed by atoms with Crippen molar-refractivity contribution < 1.29 is 9.53 Å². The quantitative estimate of drug-likeness (QED) is 0.617. The van der Waals surface area contributed by atoms with E-state index in [0.717, 1.165) is 11.3 Å². The lowest BCUT2D eigenvalue weighted by molar-refractivity contribution is -0.134. The molecule has 128 valence electrons. The largest absolute Gasteiger partial charge is 0.484 e. The van der Waals surface area contributed by atoms with Crippen LogP contribution in [0.15, 0.2) is 65.5 Å². The Labute approximate surface area is 155 Å².